The van der Waals surface area contributed by atoms with E-state index in [1.54, 1.807) is 17.6 Å². The maximum atomic E-state index is 12.5. The molecule has 0 bridgehead atoms. The second-order valence-corrected chi connectivity index (χ2v) is 7.76. The van der Waals surface area contributed by atoms with E-state index in [-0.39, 0.29) is 5.25 Å². The molecule has 2 aliphatic rings. The summed E-state index contributed by atoms with van der Waals surface area (Å²) in [6, 6.07) is 3.82. The molecule has 1 aromatic rings. The summed E-state index contributed by atoms with van der Waals surface area (Å²) >= 11 is 0. The first-order valence-corrected chi connectivity index (χ1v) is 8.80. The van der Waals surface area contributed by atoms with Gasteiger partial charge in [-0.25, -0.2) is 13.4 Å². The fourth-order valence-electron chi connectivity index (χ4n) is 2.66. The number of ether oxygens (including phenoxy) is 1. The molecule has 0 saturated heterocycles. The minimum Gasteiger partial charge on any atom is -0.383 e. The van der Waals surface area contributed by atoms with Gasteiger partial charge < -0.3 is 9.64 Å². The van der Waals surface area contributed by atoms with Crippen LogP contribution in [-0.2, 0) is 21.3 Å². The van der Waals surface area contributed by atoms with Crippen molar-refractivity contribution in [1.29, 1.82) is 0 Å². The molecule has 21 heavy (non-hydrogen) atoms. The molecule has 1 fully saturated rings. The summed E-state index contributed by atoms with van der Waals surface area (Å²) in [5.74, 6) is 0.878. The van der Waals surface area contributed by atoms with Gasteiger partial charge in [0.15, 0.2) is 0 Å². The van der Waals surface area contributed by atoms with Crippen LogP contribution in [0.1, 0.15) is 18.4 Å². The number of anilines is 1. The number of nitrogens with zero attached hydrogens (tertiary/aromatic N) is 3. The van der Waals surface area contributed by atoms with Gasteiger partial charge in [-0.1, -0.05) is 6.07 Å². The first kappa shape index (κ1) is 14.7. The van der Waals surface area contributed by atoms with E-state index in [0.717, 1.165) is 30.8 Å². The fourth-order valence-corrected chi connectivity index (χ4v) is 4.47. The Morgan fingerprint density at radius 1 is 1.38 bits per heavy atom. The van der Waals surface area contributed by atoms with Crippen molar-refractivity contribution in [2.75, 3.05) is 38.3 Å². The van der Waals surface area contributed by atoms with E-state index in [2.05, 4.69) is 9.88 Å². The van der Waals surface area contributed by atoms with Gasteiger partial charge in [0.05, 0.1) is 11.9 Å². The van der Waals surface area contributed by atoms with Gasteiger partial charge >= 0.3 is 0 Å². The molecule has 1 saturated carbocycles. The van der Waals surface area contributed by atoms with Gasteiger partial charge in [0, 0.05) is 45.0 Å². The van der Waals surface area contributed by atoms with E-state index >= 15 is 0 Å². The van der Waals surface area contributed by atoms with Crippen LogP contribution in [0.4, 0.5) is 5.82 Å². The number of sulfonamides is 1. The van der Waals surface area contributed by atoms with Crippen molar-refractivity contribution >= 4 is 15.8 Å². The number of pyridine rings is 1. The van der Waals surface area contributed by atoms with Crippen molar-refractivity contribution in [2.24, 2.45) is 0 Å². The summed E-state index contributed by atoms with van der Waals surface area (Å²) in [6.45, 7) is 2.91. The molecular weight excluding hydrogens is 290 g/mol. The smallest absolute Gasteiger partial charge is 0.217 e. The molecule has 7 heteroatoms. The average molecular weight is 311 g/mol. The zero-order valence-electron chi connectivity index (χ0n) is 12.2. The molecular formula is C14H21N3O3S. The van der Waals surface area contributed by atoms with E-state index in [4.69, 9.17) is 4.74 Å². The topological polar surface area (TPSA) is 62.7 Å². The molecule has 6 nitrogen and oxygen atoms in total. The molecule has 0 amide bonds. The highest BCUT2D eigenvalue weighted by atomic mass is 32.2. The number of methoxy groups -OCH3 is 1. The first-order chi connectivity index (χ1) is 10.1. The fraction of sp³-hybridized carbons (Fsp3) is 0.643. The zero-order chi connectivity index (χ0) is 14.9. The van der Waals surface area contributed by atoms with Crippen molar-refractivity contribution < 1.29 is 13.2 Å². The number of rotatable bonds is 5. The highest BCUT2D eigenvalue weighted by molar-refractivity contribution is 7.90. The Balaban J connectivity index is 1.86. The summed E-state index contributed by atoms with van der Waals surface area (Å²) in [5.41, 5.74) is 0.968. The Labute approximate surface area is 125 Å². The lowest BCUT2D eigenvalue weighted by molar-refractivity contribution is 0.205. The molecule has 2 heterocycles. The van der Waals surface area contributed by atoms with Crippen LogP contribution in [0.3, 0.4) is 0 Å². The number of aromatic nitrogens is 1. The van der Waals surface area contributed by atoms with Gasteiger partial charge in [0.1, 0.15) is 5.82 Å². The summed E-state index contributed by atoms with van der Waals surface area (Å²) in [5, 5.41) is -0.164. The lowest BCUT2D eigenvalue weighted by Crippen LogP contribution is -2.38. The Morgan fingerprint density at radius 2 is 2.19 bits per heavy atom. The minimum absolute atomic E-state index is 0.164. The Morgan fingerprint density at radius 3 is 2.90 bits per heavy atom. The Kier molecular flexibility index (Phi) is 4.14. The summed E-state index contributed by atoms with van der Waals surface area (Å²) in [6.07, 6.45) is 3.35. The second-order valence-electron chi connectivity index (χ2n) is 5.54. The second kappa shape index (κ2) is 5.90. The molecule has 1 aliphatic carbocycles. The van der Waals surface area contributed by atoms with Crippen molar-refractivity contribution in [3.05, 3.63) is 23.9 Å². The number of fused-ring (bicyclic) bond motifs is 1. The lowest BCUT2D eigenvalue weighted by atomic mass is 10.2. The summed E-state index contributed by atoms with van der Waals surface area (Å²) in [4.78, 5) is 6.55. The van der Waals surface area contributed by atoms with Crippen molar-refractivity contribution in [2.45, 2.75) is 24.6 Å². The molecule has 0 N–H and O–H groups in total. The predicted octanol–water partition coefficient (Wildman–Crippen LogP) is 0.842. The van der Waals surface area contributed by atoms with Gasteiger partial charge in [-0.05, 0) is 18.9 Å². The number of hydrogen-bond donors (Lipinski definition) is 0. The van der Waals surface area contributed by atoms with Crippen LogP contribution in [0.2, 0.25) is 0 Å². The normalized spacial score (nSPS) is 20.1. The molecule has 0 radical (unpaired) electrons. The SMILES string of the molecule is COCCN1CCN(S(=O)(=O)C2CC2)Cc2cccnc21. The van der Waals surface area contributed by atoms with Crippen molar-refractivity contribution in [3.63, 3.8) is 0 Å². The van der Waals surface area contributed by atoms with Crippen LogP contribution in [0.5, 0.6) is 0 Å². The summed E-state index contributed by atoms with van der Waals surface area (Å²) < 4.78 is 31.8. The molecule has 0 aromatic carbocycles. The summed E-state index contributed by atoms with van der Waals surface area (Å²) in [7, 11) is -1.48. The molecule has 1 aliphatic heterocycles. The molecule has 0 atom stereocenters. The Hall–Kier alpha value is -1.18. The highest BCUT2D eigenvalue weighted by Crippen LogP contribution is 2.33. The maximum Gasteiger partial charge on any atom is 0.217 e. The van der Waals surface area contributed by atoms with E-state index in [9.17, 15) is 8.42 Å². The predicted molar refractivity (Wildman–Crippen MR) is 80.7 cm³/mol. The van der Waals surface area contributed by atoms with Crippen LogP contribution in [0.15, 0.2) is 18.3 Å². The third-order valence-corrected chi connectivity index (χ3v) is 6.35. The lowest BCUT2D eigenvalue weighted by Gasteiger charge is -2.23. The van der Waals surface area contributed by atoms with Crippen molar-refractivity contribution in [1.82, 2.24) is 9.29 Å². The van der Waals surface area contributed by atoms with Crippen LogP contribution in [-0.4, -0.2) is 56.3 Å². The van der Waals surface area contributed by atoms with E-state index in [0.29, 0.717) is 26.2 Å². The van der Waals surface area contributed by atoms with Gasteiger partial charge in [0.2, 0.25) is 10.0 Å². The van der Waals surface area contributed by atoms with Gasteiger partial charge in [-0.3, -0.25) is 0 Å². The first-order valence-electron chi connectivity index (χ1n) is 7.29. The monoisotopic (exact) mass is 311 g/mol. The third-order valence-electron chi connectivity index (χ3n) is 4.00. The molecule has 3 rings (SSSR count). The van der Waals surface area contributed by atoms with E-state index < -0.39 is 10.0 Å². The molecule has 1 aromatic heterocycles. The highest BCUT2D eigenvalue weighted by Gasteiger charge is 2.41. The van der Waals surface area contributed by atoms with E-state index in [1.807, 2.05) is 12.1 Å². The average Bonchev–Trinajstić information content (AvgIpc) is 3.31. The van der Waals surface area contributed by atoms with Crippen molar-refractivity contribution in [3.8, 4) is 0 Å². The Bertz CT molecular complexity index is 601. The van der Waals surface area contributed by atoms with E-state index in [1.165, 1.54) is 0 Å². The van der Waals surface area contributed by atoms with Crippen LogP contribution < -0.4 is 4.90 Å². The largest absolute Gasteiger partial charge is 0.383 e. The van der Waals surface area contributed by atoms with Crippen LogP contribution in [0, 0.1) is 0 Å². The molecule has 0 unspecified atom stereocenters. The molecule has 0 spiro atoms. The maximum absolute atomic E-state index is 12.5. The van der Waals surface area contributed by atoms with Gasteiger partial charge in [-0.15, -0.1) is 0 Å². The number of hydrogen-bond acceptors (Lipinski definition) is 5. The molecule has 116 valence electrons. The third kappa shape index (κ3) is 3.04. The minimum atomic E-state index is -3.15. The van der Waals surface area contributed by atoms with Gasteiger partial charge in [0.25, 0.3) is 0 Å². The standard InChI is InChI=1S/C14H21N3O3S/c1-20-10-9-16-7-8-17(21(18,19)13-4-5-13)11-12-3-2-6-15-14(12)16/h2-3,6,13H,4-5,7-11H2,1H3. The van der Waals surface area contributed by atoms with Gasteiger partial charge in [-0.2, -0.15) is 4.31 Å². The van der Waals surface area contributed by atoms with Crippen LogP contribution in [0.25, 0.3) is 0 Å². The zero-order valence-corrected chi connectivity index (χ0v) is 13.1. The quantitative estimate of drug-likeness (QED) is 0.806. The van der Waals surface area contributed by atoms with Crippen LogP contribution >= 0.6 is 0 Å².